The summed E-state index contributed by atoms with van der Waals surface area (Å²) in [4.78, 5) is 24.3. The molecule has 0 saturated carbocycles. The van der Waals surface area contributed by atoms with E-state index < -0.39 is 6.09 Å². The Kier molecular flexibility index (Phi) is 7.21. The number of aryl methyl sites for hydroxylation is 1. The van der Waals surface area contributed by atoms with E-state index in [1.807, 2.05) is 63.2 Å². The Morgan fingerprint density at radius 3 is 2.27 bits per heavy atom. The Morgan fingerprint density at radius 2 is 1.65 bits per heavy atom. The molecule has 0 aromatic heterocycles. The molecule has 0 unspecified atom stereocenters. The van der Waals surface area contributed by atoms with Crippen LogP contribution in [-0.4, -0.2) is 24.6 Å². The van der Waals surface area contributed by atoms with Crippen LogP contribution in [0.2, 0.25) is 0 Å². The Hall–Kier alpha value is -2.82. The van der Waals surface area contributed by atoms with Crippen LogP contribution in [-0.2, 0) is 11.3 Å². The molecule has 0 heterocycles. The van der Waals surface area contributed by atoms with E-state index >= 15 is 0 Å². The summed E-state index contributed by atoms with van der Waals surface area (Å²) >= 11 is 0. The summed E-state index contributed by atoms with van der Waals surface area (Å²) in [5, 5.41) is 5.70. The van der Waals surface area contributed by atoms with Crippen molar-refractivity contribution in [3.63, 3.8) is 0 Å². The zero-order valence-corrected chi connectivity index (χ0v) is 15.5. The topological polar surface area (TPSA) is 67.4 Å². The molecule has 5 heteroatoms. The second kappa shape index (κ2) is 9.61. The molecule has 0 saturated heterocycles. The molecule has 2 aromatic carbocycles. The van der Waals surface area contributed by atoms with Crippen molar-refractivity contribution in [2.45, 2.75) is 33.4 Å². The first-order valence-electron chi connectivity index (χ1n) is 8.78. The molecule has 0 aliphatic rings. The van der Waals surface area contributed by atoms with Crippen LogP contribution in [0.3, 0.4) is 0 Å². The minimum atomic E-state index is -0.489. The van der Waals surface area contributed by atoms with Crippen molar-refractivity contribution in [3.8, 4) is 0 Å². The molecule has 2 amide bonds. The molecular formula is C21H26N2O3. The van der Waals surface area contributed by atoms with Crippen LogP contribution in [0.5, 0.6) is 0 Å². The third-order valence-corrected chi connectivity index (χ3v) is 4.12. The van der Waals surface area contributed by atoms with Gasteiger partial charge >= 0.3 is 6.09 Å². The first-order chi connectivity index (χ1) is 12.5. The lowest BCUT2D eigenvalue weighted by Gasteiger charge is -2.22. The predicted molar refractivity (Wildman–Crippen MR) is 102 cm³/mol. The maximum absolute atomic E-state index is 12.2. The van der Waals surface area contributed by atoms with Crippen molar-refractivity contribution in [2.24, 2.45) is 5.92 Å². The first kappa shape index (κ1) is 19.5. The number of carbonyl (C=O) groups is 2. The van der Waals surface area contributed by atoms with Crippen LogP contribution < -0.4 is 10.6 Å². The standard InChI is InChI=1S/C21H26N2O3/c1-15(2)19(13-22-20(24)18-11-9-16(3)10-12-18)23-21(25)26-14-17-7-5-4-6-8-17/h4-12,15,19H,13-14H2,1-3H3,(H,22,24)(H,23,25)/t19-/m1/s1. The third-order valence-electron chi connectivity index (χ3n) is 4.12. The summed E-state index contributed by atoms with van der Waals surface area (Å²) in [6.07, 6.45) is -0.489. The quantitative estimate of drug-likeness (QED) is 0.797. The predicted octanol–water partition coefficient (Wildman–Crippen LogP) is 3.68. The van der Waals surface area contributed by atoms with Gasteiger partial charge in [-0.05, 0) is 30.5 Å². The molecule has 0 bridgehead atoms. The van der Waals surface area contributed by atoms with Gasteiger partial charge < -0.3 is 15.4 Å². The summed E-state index contributed by atoms with van der Waals surface area (Å²) < 4.78 is 5.25. The van der Waals surface area contributed by atoms with Gasteiger partial charge in [-0.1, -0.05) is 61.9 Å². The zero-order valence-electron chi connectivity index (χ0n) is 15.5. The molecule has 0 radical (unpaired) electrons. The lowest BCUT2D eigenvalue weighted by molar-refractivity contribution is 0.0941. The fourth-order valence-electron chi connectivity index (χ4n) is 2.38. The van der Waals surface area contributed by atoms with Crippen LogP contribution in [0, 0.1) is 12.8 Å². The van der Waals surface area contributed by atoms with E-state index in [0.717, 1.165) is 11.1 Å². The fourth-order valence-corrected chi connectivity index (χ4v) is 2.38. The van der Waals surface area contributed by atoms with E-state index in [0.29, 0.717) is 12.1 Å². The minimum absolute atomic E-state index is 0.151. The molecular weight excluding hydrogens is 328 g/mol. The van der Waals surface area contributed by atoms with Crippen LogP contribution in [0.25, 0.3) is 0 Å². The first-order valence-corrected chi connectivity index (χ1v) is 8.78. The third kappa shape index (κ3) is 6.24. The Labute approximate surface area is 154 Å². The lowest BCUT2D eigenvalue weighted by Crippen LogP contribution is -2.46. The zero-order chi connectivity index (χ0) is 18.9. The number of benzene rings is 2. The van der Waals surface area contributed by atoms with E-state index in [9.17, 15) is 9.59 Å². The fraction of sp³-hybridized carbons (Fsp3) is 0.333. The monoisotopic (exact) mass is 354 g/mol. The number of hydrogen-bond acceptors (Lipinski definition) is 3. The van der Waals surface area contributed by atoms with E-state index in [2.05, 4.69) is 10.6 Å². The highest BCUT2D eigenvalue weighted by atomic mass is 16.5. The maximum Gasteiger partial charge on any atom is 0.407 e. The number of rotatable bonds is 7. The molecule has 0 aliphatic carbocycles. The van der Waals surface area contributed by atoms with E-state index in [1.165, 1.54) is 0 Å². The maximum atomic E-state index is 12.2. The average molecular weight is 354 g/mol. The summed E-state index contributed by atoms with van der Waals surface area (Å²) in [5.74, 6) is -0.00676. The van der Waals surface area contributed by atoms with Gasteiger partial charge in [0.1, 0.15) is 6.61 Å². The molecule has 0 fully saturated rings. The van der Waals surface area contributed by atoms with Crippen molar-refractivity contribution in [1.29, 1.82) is 0 Å². The van der Waals surface area contributed by atoms with Gasteiger partial charge in [0.25, 0.3) is 5.91 Å². The van der Waals surface area contributed by atoms with Crippen molar-refractivity contribution in [1.82, 2.24) is 10.6 Å². The van der Waals surface area contributed by atoms with Crippen molar-refractivity contribution >= 4 is 12.0 Å². The molecule has 5 nitrogen and oxygen atoms in total. The molecule has 1 atom stereocenters. The van der Waals surface area contributed by atoms with Crippen LogP contribution in [0.4, 0.5) is 4.79 Å². The number of amides is 2. The van der Waals surface area contributed by atoms with Gasteiger partial charge in [0, 0.05) is 12.1 Å². The highest BCUT2D eigenvalue weighted by molar-refractivity contribution is 5.94. The van der Waals surface area contributed by atoms with Crippen molar-refractivity contribution < 1.29 is 14.3 Å². The normalized spacial score (nSPS) is 11.7. The van der Waals surface area contributed by atoms with Gasteiger partial charge in [-0.25, -0.2) is 4.79 Å². The summed E-state index contributed by atoms with van der Waals surface area (Å²) in [6, 6.07) is 16.7. The van der Waals surface area contributed by atoms with Crippen LogP contribution in [0.1, 0.15) is 35.3 Å². The van der Waals surface area contributed by atoms with Gasteiger partial charge in [0.15, 0.2) is 0 Å². The molecule has 0 aliphatic heterocycles. The second-order valence-corrected chi connectivity index (χ2v) is 6.63. The smallest absolute Gasteiger partial charge is 0.407 e. The second-order valence-electron chi connectivity index (χ2n) is 6.63. The van der Waals surface area contributed by atoms with E-state index in [1.54, 1.807) is 12.1 Å². The highest BCUT2D eigenvalue weighted by Crippen LogP contribution is 2.06. The highest BCUT2D eigenvalue weighted by Gasteiger charge is 2.18. The molecule has 138 valence electrons. The van der Waals surface area contributed by atoms with Gasteiger partial charge in [-0.2, -0.15) is 0 Å². The molecule has 26 heavy (non-hydrogen) atoms. The van der Waals surface area contributed by atoms with Crippen molar-refractivity contribution in [2.75, 3.05) is 6.54 Å². The number of carbonyl (C=O) groups excluding carboxylic acids is 2. The van der Waals surface area contributed by atoms with E-state index in [4.69, 9.17) is 4.74 Å². The number of alkyl carbamates (subject to hydrolysis) is 1. The van der Waals surface area contributed by atoms with Crippen LogP contribution in [0.15, 0.2) is 54.6 Å². The van der Waals surface area contributed by atoms with Crippen molar-refractivity contribution in [3.05, 3.63) is 71.3 Å². The average Bonchev–Trinajstić information content (AvgIpc) is 2.64. The number of nitrogens with one attached hydrogen (secondary N) is 2. The van der Waals surface area contributed by atoms with Gasteiger partial charge in [0.2, 0.25) is 0 Å². The molecule has 0 spiro atoms. The SMILES string of the molecule is Cc1ccc(C(=O)NC[C@@H](NC(=O)OCc2ccccc2)C(C)C)cc1. The minimum Gasteiger partial charge on any atom is -0.445 e. The Bertz CT molecular complexity index is 712. The number of hydrogen-bond donors (Lipinski definition) is 2. The lowest BCUT2D eigenvalue weighted by atomic mass is 10.0. The van der Waals surface area contributed by atoms with Crippen LogP contribution >= 0.6 is 0 Å². The summed E-state index contributed by atoms with van der Waals surface area (Å²) in [5.41, 5.74) is 2.63. The molecule has 2 rings (SSSR count). The Balaban J connectivity index is 1.83. The number of ether oxygens (including phenoxy) is 1. The molecule has 2 aromatic rings. The van der Waals surface area contributed by atoms with Gasteiger partial charge in [-0.15, -0.1) is 0 Å². The Morgan fingerprint density at radius 1 is 1.00 bits per heavy atom. The largest absolute Gasteiger partial charge is 0.445 e. The van der Waals surface area contributed by atoms with E-state index in [-0.39, 0.29) is 24.5 Å². The summed E-state index contributed by atoms with van der Waals surface area (Å²) in [7, 11) is 0. The van der Waals surface area contributed by atoms with Gasteiger partial charge in [0.05, 0.1) is 6.04 Å². The van der Waals surface area contributed by atoms with Gasteiger partial charge in [-0.3, -0.25) is 4.79 Å². The molecule has 2 N–H and O–H groups in total. The summed E-state index contributed by atoms with van der Waals surface area (Å²) in [6.45, 7) is 6.50.